The molecule has 0 radical (unpaired) electrons. The zero-order valence-electron chi connectivity index (χ0n) is 10.6. The Morgan fingerprint density at radius 3 is 2.60 bits per heavy atom. The zero-order valence-corrected chi connectivity index (χ0v) is 10.6. The van der Waals surface area contributed by atoms with Gasteiger partial charge in [-0.15, -0.1) is 0 Å². The second kappa shape index (κ2) is 4.42. The number of nitrogens with one attached hydrogen (secondary N) is 1. The van der Waals surface area contributed by atoms with Gasteiger partial charge in [0.2, 0.25) is 0 Å². The molecule has 2 nitrogen and oxygen atoms in total. The molecule has 88 valence electrons. The maximum Gasteiger partial charge on any atom is 0.0195 e. The summed E-state index contributed by atoms with van der Waals surface area (Å²) in [4.78, 5) is 2.61. The standard InChI is InChI=1S/C13H26N2/c1-13(2)8-4-7-12(13)15(3)10-11-6-5-9-14-11/h11-12,14H,4-10H2,1-3H3. The highest BCUT2D eigenvalue weighted by atomic mass is 15.2. The Kier molecular flexibility index (Phi) is 3.36. The van der Waals surface area contributed by atoms with Crippen molar-refractivity contribution in [2.45, 2.75) is 58.0 Å². The monoisotopic (exact) mass is 210 g/mol. The first-order valence-electron chi connectivity index (χ1n) is 6.53. The fraction of sp³-hybridized carbons (Fsp3) is 1.00. The van der Waals surface area contributed by atoms with Crippen molar-refractivity contribution in [3.8, 4) is 0 Å². The quantitative estimate of drug-likeness (QED) is 0.768. The van der Waals surface area contributed by atoms with Crippen molar-refractivity contribution < 1.29 is 0 Å². The molecule has 0 aromatic heterocycles. The van der Waals surface area contributed by atoms with Gasteiger partial charge in [0.05, 0.1) is 0 Å². The lowest BCUT2D eigenvalue weighted by Crippen LogP contribution is -2.45. The van der Waals surface area contributed by atoms with Crippen LogP contribution in [-0.4, -0.2) is 37.1 Å². The molecular weight excluding hydrogens is 184 g/mol. The lowest BCUT2D eigenvalue weighted by molar-refractivity contribution is 0.131. The Bertz CT molecular complexity index is 207. The van der Waals surface area contributed by atoms with Crippen LogP contribution in [0.2, 0.25) is 0 Å². The van der Waals surface area contributed by atoms with E-state index in [1.54, 1.807) is 0 Å². The molecule has 2 atom stereocenters. The fourth-order valence-electron chi connectivity index (χ4n) is 3.51. The van der Waals surface area contributed by atoms with Gasteiger partial charge in [0.1, 0.15) is 0 Å². The van der Waals surface area contributed by atoms with E-state index in [-0.39, 0.29) is 0 Å². The predicted octanol–water partition coefficient (Wildman–Crippen LogP) is 2.25. The largest absolute Gasteiger partial charge is 0.313 e. The van der Waals surface area contributed by atoms with E-state index in [0.29, 0.717) is 5.41 Å². The van der Waals surface area contributed by atoms with Crippen LogP contribution in [0.5, 0.6) is 0 Å². The number of hydrogen-bond acceptors (Lipinski definition) is 2. The van der Waals surface area contributed by atoms with Crippen LogP contribution in [0.3, 0.4) is 0 Å². The van der Waals surface area contributed by atoms with Gasteiger partial charge >= 0.3 is 0 Å². The van der Waals surface area contributed by atoms with Crippen LogP contribution < -0.4 is 5.32 Å². The molecule has 0 amide bonds. The van der Waals surface area contributed by atoms with E-state index in [1.165, 1.54) is 45.2 Å². The molecule has 0 spiro atoms. The van der Waals surface area contributed by atoms with Crippen LogP contribution in [0.15, 0.2) is 0 Å². The first-order chi connectivity index (χ1) is 7.09. The van der Waals surface area contributed by atoms with Crippen molar-refractivity contribution in [3.63, 3.8) is 0 Å². The van der Waals surface area contributed by atoms with Gasteiger partial charge in [0.15, 0.2) is 0 Å². The van der Waals surface area contributed by atoms with Gasteiger partial charge in [0.25, 0.3) is 0 Å². The summed E-state index contributed by atoms with van der Waals surface area (Å²) < 4.78 is 0. The van der Waals surface area contributed by atoms with Gasteiger partial charge in [-0.25, -0.2) is 0 Å². The molecule has 0 aromatic rings. The molecule has 1 N–H and O–H groups in total. The third-order valence-electron chi connectivity index (χ3n) is 4.40. The van der Waals surface area contributed by atoms with E-state index in [1.807, 2.05) is 0 Å². The zero-order chi connectivity index (χ0) is 10.9. The van der Waals surface area contributed by atoms with Gasteiger partial charge in [0, 0.05) is 18.6 Å². The Morgan fingerprint density at radius 1 is 1.27 bits per heavy atom. The van der Waals surface area contributed by atoms with Crippen molar-refractivity contribution in [3.05, 3.63) is 0 Å². The molecule has 1 heterocycles. The van der Waals surface area contributed by atoms with Crippen LogP contribution in [0.1, 0.15) is 46.0 Å². The van der Waals surface area contributed by atoms with E-state index in [0.717, 1.165) is 12.1 Å². The minimum atomic E-state index is 0.535. The molecule has 1 aliphatic carbocycles. The second-order valence-corrected chi connectivity index (χ2v) is 6.13. The van der Waals surface area contributed by atoms with Gasteiger partial charge in [-0.2, -0.15) is 0 Å². The molecule has 2 heteroatoms. The summed E-state index contributed by atoms with van der Waals surface area (Å²) >= 11 is 0. The van der Waals surface area contributed by atoms with E-state index in [4.69, 9.17) is 0 Å². The van der Waals surface area contributed by atoms with Crippen LogP contribution in [0.25, 0.3) is 0 Å². The highest BCUT2D eigenvalue weighted by molar-refractivity contribution is 4.92. The first kappa shape index (κ1) is 11.4. The van der Waals surface area contributed by atoms with Crippen molar-refractivity contribution in [2.24, 2.45) is 5.41 Å². The van der Waals surface area contributed by atoms with Gasteiger partial charge in [-0.3, -0.25) is 0 Å². The topological polar surface area (TPSA) is 15.3 Å². The Morgan fingerprint density at radius 2 is 2.07 bits per heavy atom. The molecule has 2 unspecified atom stereocenters. The summed E-state index contributed by atoms with van der Waals surface area (Å²) in [6.07, 6.45) is 6.96. The van der Waals surface area contributed by atoms with Crippen molar-refractivity contribution >= 4 is 0 Å². The molecule has 2 rings (SSSR count). The van der Waals surface area contributed by atoms with Gasteiger partial charge in [-0.1, -0.05) is 20.3 Å². The van der Waals surface area contributed by atoms with Crippen LogP contribution >= 0.6 is 0 Å². The maximum absolute atomic E-state index is 3.60. The average Bonchev–Trinajstić information content (AvgIpc) is 2.73. The minimum absolute atomic E-state index is 0.535. The Labute approximate surface area is 94.4 Å². The van der Waals surface area contributed by atoms with Crippen LogP contribution in [0, 0.1) is 5.41 Å². The van der Waals surface area contributed by atoms with E-state index in [9.17, 15) is 0 Å². The number of likely N-dealkylation sites (N-methyl/N-ethyl adjacent to an activating group) is 1. The summed E-state index contributed by atoms with van der Waals surface area (Å²) in [7, 11) is 2.32. The Balaban J connectivity index is 1.86. The predicted molar refractivity (Wildman–Crippen MR) is 65.1 cm³/mol. The molecule has 0 aromatic carbocycles. The summed E-state index contributed by atoms with van der Waals surface area (Å²) in [5.74, 6) is 0. The molecule has 1 saturated carbocycles. The second-order valence-electron chi connectivity index (χ2n) is 6.13. The molecule has 2 fully saturated rings. The molecular formula is C13H26N2. The lowest BCUT2D eigenvalue weighted by Gasteiger charge is -2.36. The third-order valence-corrected chi connectivity index (χ3v) is 4.40. The normalized spacial score (nSPS) is 35.2. The number of hydrogen-bond donors (Lipinski definition) is 1. The van der Waals surface area contributed by atoms with E-state index >= 15 is 0 Å². The highest BCUT2D eigenvalue weighted by Crippen LogP contribution is 2.40. The third kappa shape index (κ3) is 2.54. The Hall–Kier alpha value is -0.0800. The van der Waals surface area contributed by atoms with E-state index < -0.39 is 0 Å². The van der Waals surface area contributed by atoms with Crippen molar-refractivity contribution in [1.82, 2.24) is 10.2 Å². The van der Waals surface area contributed by atoms with Crippen LogP contribution in [-0.2, 0) is 0 Å². The number of rotatable bonds is 3. The van der Waals surface area contributed by atoms with Crippen molar-refractivity contribution in [2.75, 3.05) is 20.1 Å². The summed E-state index contributed by atoms with van der Waals surface area (Å²) in [6, 6.07) is 1.56. The summed E-state index contributed by atoms with van der Waals surface area (Å²) in [5, 5.41) is 3.60. The van der Waals surface area contributed by atoms with Crippen molar-refractivity contribution in [1.29, 1.82) is 0 Å². The van der Waals surface area contributed by atoms with Crippen LogP contribution in [0.4, 0.5) is 0 Å². The molecule has 15 heavy (non-hydrogen) atoms. The summed E-state index contributed by atoms with van der Waals surface area (Å²) in [5.41, 5.74) is 0.535. The first-order valence-corrected chi connectivity index (χ1v) is 6.53. The average molecular weight is 210 g/mol. The lowest BCUT2D eigenvalue weighted by atomic mass is 9.86. The SMILES string of the molecule is CN(CC1CCCN1)C1CCCC1(C)C. The summed E-state index contributed by atoms with van der Waals surface area (Å²) in [6.45, 7) is 7.34. The molecule has 1 aliphatic heterocycles. The highest BCUT2D eigenvalue weighted by Gasteiger charge is 2.37. The molecule has 2 aliphatic rings. The van der Waals surface area contributed by atoms with E-state index in [2.05, 4.69) is 31.1 Å². The number of nitrogens with zero attached hydrogens (tertiary/aromatic N) is 1. The molecule has 0 bridgehead atoms. The maximum atomic E-state index is 3.60. The van der Waals surface area contributed by atoms with Gasteiger partial charge in [-0.05, 0) is 44.7 Å². The smallest absolute Gasteiger partial charge is 0.0195 e. The minimum Gasteiger partial charge on any atom is -0.313 e. The van der Waals surface area contributed by atoms with Gasteiger partial charge < -0.3 is 10.2 Å². The fourth-order valence-corrected chi connectivity index (χ4v) is 3.51. The molecule has 1 saturated heterocycles.